The van der Waals surface area contributed by atoms with Crippen LogP contribution in [0.25, 0.3) is 0 Å². The summed E-state index contributed by atoms with van der Waals surface area (Å²) < 4.78 is 5.69. The molecule has 5 nitrogen and oxygen atoms in total. The number of nitrogens with zero attached hydrogens (tertiary/aromatic N) is 3. The van der Waals surface area contributed by atoms with Crippen LogP contribution in [0.3, 0.4) is 0 Å². The molecule has 1 aliphatic heterocycles. The molecular weight excluding hydrogens is 335 g/mol. The van der Waals surface area contributed by atoms with Crippen molar-refractivity contribution in [3.63, 3.8) is 0 Å². The molecule has 122 valence electrons. The number of rotatable bonds is 4. The van der Waals surface area contributed by atoms with Gasteiger partial charge in [-0.25, -0.2) is 4.98 Å². The molecular formula is C16H18Cl2N4O. The van der Waals surface area contributed by atoms with Crippen molar-refractivity contribution >= 4 is 29.0 Å². The third-order valence-electron chi connectivity index (χ3n) is 3.78. The number of nitrogens with one attached hydrogen (secondary N) is 1. The SMILES string of the molecule is C[C@@H]1CNCCN1c1ccnc(OCc2cc(Cl)ccc2Cl)n1. The smallest absolute Gasteiger partial charge is 0.318 e. The van der Waals surface area contributed by atoms with Crippen LogP contribution in [0.5, 0.6) is 6.01 Å². The van der Waals surface area contributed by atoms with E-state index in [1.165, 1.54) is 0 Å². The quantitative estimate of drug-likeness (QED) is 0.915. The number of anilines is 1. The van der Waals surface area contributed by atoms with Crippen molar-refractivity contribution in [2.24, 2.45) is 0 Å². The van der Waals surface area contributed by atoms with Crippen molar-refractivity contribution < 1.29 is 4.74 Å². The molecule has 0 aliphatic carbocycles. The van der Waals surface area contributed by atoms with E-state index in [4.69, 9.17) is 27.9 Å². The van der Waals surface area contributed by atoms with E-state index in [9.17, 15) is 0 Å². The van der Waals surface area contributed by atoms with Crippen LogP contribution in [0.4, 0.5) is 5.82 Å². The summed E-state index contributed by atoms with van der Waals surface area (Å²) in [7, 11) is 0. The average Bonchev–Trinajstić information content (AvgIpc) is 2.56. The summed E-state index contributed by atoms with van der Waals surface area (Å²) in [6, 6.07) is 7.91. The number of halogens is 2. The van der Waals surface area contributed by atoms with Crippen molar-refractivity contribution in [3.05, 3.63) is 46.1 Å². The first kappa shape index (κ1) is 16.3. The zero-order valence-corrected chi connectivity index (χ0v) is 14.3. The molecule has 0 spiro atoms. The molecule has 0 saturated carbocycles. The Hall–Kier alpha value is -1.56. The minimum atomic E-state index is 0.278. The lowest BCUT2D eigenvalue weighted by Gasteiger charge is -2.34. The van der Waals surface area contributed by atoms with Crippen molar-refractivity contribution in [2.75, 3.05) is 24.5 Å². The Morgan fingerprint density at radius 3 is 3.04 bits per heavy atom. The van der Waals surface area contributed by atoms with Gasteiger partial charge >= 0.3 is 6.01 Å². The van der Waals surface area contributed by atoms with Crippen LogP contribution in [0.1, 0.15) is 12.5 Å². The predicted octanol–water partition coefficient (Wildman–Crippen LogP) is 3.16. The first-order valence-electron chi connectivity index (χ1n) is 7.50. The molecule has 0 unspecified atom stereocenters. The highest BCUT2D eigenvalue weighted by Gasteiger charge is 2.19. The number of benzene rings is 1. The minimum Gasteiger partial charge on any atom is -0.458 e. The van der Waals surface area contributed by atoms with Crippen LogP contribution in [0, 0.1) is 0 Å². The van der Waals surface area contributed by atoms with E-state index < -0.39 is 0 Å². The van der Waals surface area contributed by atoms with Crippen LogP contribution in [0.15, 0.2) is 30.5 Å². The summed E-state index contributed by atoms with van der Waals surface area (Å²) in [5, 5.41) is 4.60. The van der Waals surface area contributed by atoms with Crippen LogP contribution < -0.4 is 15.0 Å². The lowest BCUT2D eigenvalue weighted by molar-refractivity contribution is 0.280. The van der Waals surface area contributed by atoms with Gasteiger partial charge in [0.2, 0.25) is 0 Å². The topological polar surface area (TPSA) is 50.3 Å². The molecule has 1 aliphatic rings. The molecule has 1 saturated heterocycles. The van der Waals surface area contributed by atoms with Crippen LogP contribution in [0.2, 0.25) is 10.0 Å². The van der Waals surface area contributed by atoms with Crippen molar-refractivity contribution in [1.82, 2.24) is 15.3 Å². The Bertz CT molecular complexity index is 683. The first-order chi connectivity index (χ1) is 11.1. The van der Waals surface area contributed by atoms with E-state index in [1.54, 1.807) is 24.4 Å². The molecule has 23 heavy (non-hydrogen) atoms. The van der Waals surface area contributed by atoms with Gasteiger partial charge in [0, 0.05) is 47.5 Å². The monoisotopic (exact) mass is 352 g/mol. The average molecular weight is 353 g/mol. The van der Waals surface area contributed by atoms with E-state index in [-0.39, 0.29) is 6.61 Å². The first-order valence-corrected chi connectivity index (χ1v) is 8.26. The molecule has 2 aromatic rings. The second kappa shape index (κ2) is 7.34. The number of hydrogen-bond acceptors (Lipinski definition) is 5. The number of ether oxygens (including phenoxy) is 1. The standard InChI is InChI=1S/C16H18Cl2N4O/c1-11-9-19-6-7-22(11)15-4-5-20-16(21-15)23-10-12-8-13(17)2-3-14(12)18/h2-5,8,11,19H,6-7,9-10H2,1H3/t11-/m1/s1. The van der Waals surface area contributed by atoms with Gasteiger partial charge in [-0.05, 0) is 31.2 Å². The van der Waals surface area contributed by atoms with E-state index in [2.05, 4.69) is 27.1 Å². The summed E-state index contributed by atoms with van der Waals surface area (Å²) in [4.78, 5) is 10.9. The molecule has 1 fully saturated rings. The molecule has 1 aromatic heterocycles. The van der Waals surface area contributed by atoms with Gasteiger partial charge < -0.3 is 15.0 Å². The lowest BCUT2D eigenvalue weighted by atomic mass is 10.2. The zero-order chi connectivity index (χ0) is 16.2. The molecule has 3 rings (SSSR count). The third-order valence-corrected chi connectivity index (χ3v) is 4.38. The summed E-state index contributed by atoms with van der Waals surface area (Å²) in [5.74, 6) is 0.876. The van der Waals surface area contributed by atoms with Gasteiger partial charge in [0.05, 0.1) is 0 Å². The van der Waals surface area contributed by atoms with Gasteiger partial charge in [-0.1, -0.05) is 23.2 Å². The molecule has 1 N–H and O–H groups in total. The molecule has 1 aromatic carbocycles. The molecule has 0 radical (unpaired) electrons. The van der Waals surface area contributed by atoms with Gasteiger partial charge in [0.1, 0.15) is 12.4 Å². The van der Waals surface area contributed by atoms with Crippen LogP contribution in [-0.2, 0) is 6.61 Å². The molecule has 1 atom stereocenters. The largest absolute Gasteiger partial charge is 0.458 e. The maximum atomic E-state index is 6.14. The summed E-state index contributed by atoms with van der Waals surface area (Å²) in [5.41, 5.74) is 0.809. The fraction of sp³-hybridized carbons (Fsp3) is 0.375. The molecule has 7 heteroatoms. The zero-order valence-electron chi connectivity index (χ0n) is 12.8. The maximum Gasteiger partial charge on any atom is 0.318 e. The third kappa shape index (κ3) is 4.05. The fourth-order valence-electron chi connectivity index (χ4n) is 2.54. The lowest BCUT2D eigenvalue weighted by Crippen LogP contribution is -2.50. The van der Waals surface area contributed by atoms with Gasteiger partial charge in [-0.15, -0.1) is 0 Å². The number of aromatic nitrogens is 2. The molecule has 2 heterocycles. The van der Waals surface area contributed by atoms with E-state index in [0.29, 0.717) is 22.1 Å². The second-order valence-electron chi connectivity index (χ2n) is 5.47. The Morgan fingerprint density at radius 2 is 2.22 bits per heavy atom. The minimum absolute atomic E-state index is 0.278. The van der Waals surface area contributed by atoms with Gasteiger partial charge in [0.25, 0.3) is 0 Å². The normalized spacial score (nSPS) is 18.0. The van der Waals surface area contributed by atoms with E-state index >= 15 is 0 Å². The summed E-state index contributed by atoms with van der Waals surface area (Å²) >= 11 is 12.1. The van der Waals surface area contributed by atoms with Gasteiger partial charge in [-0.3, -0.25) is 0 Å². The Kier molecular flexibility index (Phi) is 5.20. The van der Waals surface area contributed by atoms with Gasteiger partial charge in [0.15, 0.2) is 0 Å². The number of hydrogen-bond donors (Lipinski definition) is 1. The fourth-order valence-corrected chi connectivity index (χ4v) is 2.91. The molecule has 0 bridgehead atoms. The van der Waals surface area contributed by atoms with Crippen molar-refractivity contribution in [2.45, 2.75) is 19.6 Å². The summed E-state index contributed by atoms with van der Waals surface area (Å²) in [6.45, 7) is 5.25. The van der Waals surface area contributed by atoms with Gasteiger partial charge in [-0.2, -0.15) is 4.98 Å². The molecule has 0 amide bonds. The van der Waals surface area contributed by atoms with Crippen molar-refractivity contribution in [1.29, 1.82) is 0 Å². The Balaban J connectivity index is 1.71. The van der Waals surface area contributed by atoms with E-state index in [0.717, 1.165) is 31.0 Å². The highest BCUT2D eigenvalue weighted by Crippen LogP contribution is 2.22. The van der Waals surface area contributed by atoms with Crippen LogP contribution >= 0.6 is 23.2 Å². The van der Waals surface area contributed by atoms with E-state index in [1.807, 2.05) is 6.07 Å². The maximum absolute atomic E-state index is 6.14. The Morgan fingerprint density at radius 1 is 1.35 bits per heavy atom. The van der Waals surface area contributed by atoms with Crippen LogP contribution in [-0.4, -0.2) is 35.6 Å². The highest BCUT2D eigenvalue weighted by atomic mass is 35.5. The summed E-state index contributed by atoms with van der Waals surface area (Å²) in [6.07, 6.45) is 1.71. The predicted molar refractivity (Wildman–Crippen MR) is 92.5 cm³/mol. The number of piperazine rings is 1. The Labute approximate surface area is 145 Å². The van der Waals surface area contributed by atoms with Crippen molar-refractivity contribution in [3.8, 4) is 6.01 Å². The highest BCUT2D eigenvalue weighted by molar-refractivity contribution is 6.33. The second-order valence-corrected chi connectivity index (χ2v) is 6.31.